The van der Waals surface area contributed by atoms with Crippen LogP contribution in [0.5, 0.6) is 0 Å². The van der Waals surface area contributed by atoms with Crippen molar-refractivity contribution < 1.29 is 14.4 Å². The van der Waals surface area contributed by atoms with Crippen molar-refractivity contribution in [1.29, 1.82) is 0 Å². The number of aromatic nitrogens is 1. The predicted octanol–water partition coefficient (Wildman–Crippen LogP) is -0.931. The Balaban J connectivity index is 1.58. The van der Waals surface area contributed by atoms with Gasteiger partial charge in [-0.2, -0.15) is 0 Å². The van der Waals surface area contributed by atoms with Gasteiger partial charge in [-0.3, -0.25) is 14.4 Å². The predicted molar refractivity (Wildman–Crippen MR) is 78.0 cm³/mol. The first-order chi connectivity index (χ1) is 10.5. The molecule has 116 valence electrons. The molecule has 0 aliphatic carbocycles. The summed E-state index contributed by atoms with van der Waals surface area (Å²) in [6, 6.07) is 0. The quantitative estimate of drug-likeness (QED) is 0.736. The van der Waals surface area contributed by atoms with Crippen LogP contribution in [0.15, 0.2) is 5.38 Å². The van der Waals surface area contributed by atoms with Gasteiger partial charge in [0.1, 0.15) is 10.8 Å². The van der Waals surface area contributed by atoms with Crippen LogP contribution in [0.1, 0.15) is 10.7 Å². The molecule has 8 heteroatoms. The first kappa shape index (κ1) is 13.7. The Morgan fingerprint density at radius 2 is 1.86 bits per heavy atom. The van der Waals surface area contributed by atoms with Crippen molar-refractivity contribution in [3.05, 3.63) is 16.1 Å². The molecule has 7 nitrogen and oxygen atoms in total. The van der Waals surface area contributed by atoms with Gasteiger partial charge in [0, 0.05) is 31.6 Å². The van der Waals surface area contributed by atoms with Crippen LogP contribution >= 0.6 is 11.3 Å². The van der Waals surface area contributed by atoms with Gasteiger partial charge < -0.3 is 15.5 Å². The molecule has 0 aromatic carbocycles. The van der Waals surface area contributed by atoms with Crippen LogP contribution in [-0.2, 0) is 20.8 Å². The highest BCUT2D eigenvalue weighted by Gasteiger charge is 2.73. The molecule has 0 saturated carbocycles. The summed E-state index contributed by atoms with van der Waals surface area (Å²) in [5.41, 5.74) is -0.839. The molecule has 0 unspecified atom stereocenters. The Morgan fingerprint density at radius 3 is 2.36 bits per heavy atom. The maximum Gasteiger partial charge on any atom is 0.231 e. The number of amides is 3. The molecule has 1 aromatic heterocycles. The molecular weight excluding hydrogens is 304 g/mol. The molecule has 2 N–H and O–H groups in total. The molecular formula is C14H16N4O3S. The summed E-state index contributed by atoms with van der Waals surface area (Å²) in [6.45, 7) is 3.14. The number of carbonyl (C=O) groups excluding carboxylic acids is 3. The van der Waals surface area contributed by atoms with Crippen molar-refractivity contribution in [3.8, 4) is 0 Å². The number of aryl methyl sites for hydroxylation is 1. The van der Waals surface area contributed by atoms with E-state index in [1.807, 2.05) is 12.3 Å². The topological polar surface area (TPSA) is 91.4 Å². The average molecular weight is 320 g/mol. The molecule has 0 bridgehead atoms. The molecule has 4 rings (SSSR count). The number of likely N-dealkylation sites (tertiary alicyclic amines) is 1. The molecule has 1 aromatic rings. The van der Waals surface area contributed by atoms with Gasteiger partial charge in [0.05, 0.1) is 17.1 Å². The van der Waals surface area contributed by atoms with Crippen molar-refractivity contribution in [2.24, 2.45) is 10.8 Å². The lowest BCUT2D eigenvalue weighted by atomic mass is 9.70. The second-order valence-electron chi connectivity index (χ2n) is 6.31. The van der Waals surface area contributed by atoms with Gasteiger partial charge in [0.2, 0.25) is 17.7 Å². The summed E-state index contributed by atoms with van der Waals surface area (Å²) < 4.78 is 0. The highest BCUT2D eigenvalue weighted by atomic mass is 32.1. The second kappa shape index (κ2) is 4.28. The van der Waals surface area contributed by atoms with E-state index in [2.05, 4.69) is 15.6 Å². The van der Waals surface area contributed by atoms with E-state index in [1.54, 1.807) is 4.90 Å². The van der Waals surface area contributed by atoms with Gasteiger partial charge in [-0.25, -0.2) is 4.98 Å². The van der Waals surface area contributed by atoms with Crippen LogP contribution in [0.4, 0.5) is 0 Å². The third-order valence-electron chi connectivity index (χ3n) is 5.16. The minimum absolute atomic E-state index is 0.0686. The molecule has 3 aliphatic rings. The summed E-state index contributed by atoms with van der Waals surface area (Å²) in [6.07, 6.45) is 0.222. The second-order valence-corrected chi connectivity index (χ2v) is 7.38. The molecule has 22 heavy (non-hydrogen) atoms. The van der Waals surface area contributed by atoms with Gasteiger partial charge >= 0.3 is 0 Å². The molecule has 3 amide bonds. The number of hydrogen-bond donors (Lipinski definition) is 2. The van der Waals surface area contributed by atoms with Crippen LogP contribution in [0.3, 0.4) is 0 Å². The van der Waals surface area contributed by atoms with Crippen LogP contribution in [-0.4, -0.2) is 53.8 Å². The summed E-state index contributed by atoms with van der Waals surface area (Å²) in [4.78, 5) is 43.0. The van der Waals surface area contributed by atoms with E-state index >= 15 is 0 Å². The molecule has 3 aliphatic heterocycles. The van der Waals surface area contributed by atoms with E-state index in [0.29, 0.717) is 26.2 Å². The fourth-order valence-corrected chi connectivity index (χ4v) is 4.55. The van der Waals surface area contributed by atoms with Crippen molar-refractivity contribution in [1.82, 2.24) is 20.5 Å². The third-order valence-corrected chi connectivity index (χ3v) is 5.98. The Hall–Kier alpha value is -1.96. The standard InChI is InChI=1S/C14H16N4O3S/c1-8-17-9(3-22-8)2-10(19)18-6-13-4-15-12(21)14(13,7-18)5-16-11(13)20/h3H,2,4-7H2,1H3,(H,15,21)(H,16,20)/t13-,14-/m1/s1. The Morgan fingerprint density at radius 1 is 1.27 bits per heavy atom. The fraction of sp³-hybridized carbons (Fsp3) is 0.571. The zero-order valence-electron chi connectivity index (χ0n) is 12.1. The first-order valence-corrected chi connectivity index (χ1v) is 8.10. The smallest absolute Gasteiger partial charge is 0.231 e. The van der Waals surface area contributed by atoms with E-state index < -0.39 is 10.8 Å². The van der Waals surface area contributed by atoms with E-state index in [4.69, 9.17) is 0 Å². The highest BCUT2D eigenvalue weighted by molar-refractivity contribution is 7.09. The van der Waals surface area contributed by atoms with E-state index in [0.717, 1.165) is 10.7 Å². The molecule has 4 heterocycles. The number of nitrogens with one attached hydrogen (secondary N) is 2. The average Bonchev–Trinajstić information content (AvgIpc) is 3.15. The Labute approximate surface area is 131 Å². The zero-order chi connectivity index (χ0) is 15.5. The number of nitrogens with zero attached hydrogens (tertiary/aromatic N) is 2. The summed E-state index contributed by atoms with van der Waals surface area (Å²) in [7, 11) is 0. The van der Waals surface area contributed by atoms with E-state index in [-0.39, 0.29) is 24.1 Å². The van der Waals surface area contributed by atoms with Crippen molar-refractivity contribution in [2.45, 2.75) is 13.3 Å². The maximum absolute atomic E-state index is 12.5. The van der Waals surface area contributed by atoms with Gasteiger partial charge in [-0.15, -0.1) is 11.3 Å². The van der Waals surface area contributed by atoms with Gasteiger partial charge in [-0.1, -0.05) is 0 Å². The lowest BCUT2D eigenvalue weighted by Crippen LogP contribution is -2.43. The Bertz CT molecular complexity index is 670. The molecule has 0 radical (unpaired) electrons. The van der Waals surface area contributed by atoms with Crippen LogP contribution < -0.4 is 10.6 Å². The van der Waals surface area contributed by atoms with Crippen molar-refractivity contribution in [3.63, 3.8) is 0 Å². The van der Waals surface area contributed by atoms with Crippen LogP contribution in [0.2, 0.25) is 0 Å². The third kappa shape index (κ3) is 1.55. The summed E-state index contributed by atoms with van der Waals surface area (Å²) in [5.74, 6) is -0.308. The van der Waals surface area contributed by atoms with Gasteiger partial charge in [0.25, 0.3) is 0 Å². The highest BCUT2D eigenvalue weighted by Crippen LogP contribution is 2.52. The number of carbonyl (C=O) groups is 3. The molecule has 3 saturated heterocycles. The fourth-order valence-electron chi connectivity index (χ4n) is 3.93. The SMILES string of the molecule is Cc1nc(CC(=O)N2C[C@@]34CNC(=O)[C@@]3(CNC4=O)C2)cs1. The molecule has 0 spiro atoms. The first-order valence-electron chi connectivity index (χ1n) is 7.22. The number of thiazole rings is 1. The minimum atomic E-state index is -0.794. The van der Waals surface area contributed by atoms with E-state index in [1.165, 1.54) is 11.3 Å². The lowest BCUT2D eigenvalue weighted by Gasteiger charge is -2.23. The molecule has 2 atom stereocenters. The van der Waals surface area contributed by atoms with Gasteiger partial charge in [0.15, 0.2) is 0 Å². The van der Waals surface area contributed by atoms with Crippen LogP contribution in [0, 0.1) is 17.8 Å². The number of hydrogen-bond acceptors (Lipinski definition) is 5. The minimum Gasteiger partial charge on any atom is -0.354 e. The molecule has 3 fully saturated rings. The maximum atomic E-state index is 12.5. The van der Waals surface area contributed by atoms with E-state index in [9.17, 15) is 14.4 Å². The lowest BCUT2D eigenvalue weighted by molar-refractivity contribution is -0.132. The normalized spacial score (nSPS) is 32.7. The van der Waals surface area contributed by atoms with Crippen molar-refractivity contribution >= 4 is 29.1 Å². The zero-order valence-corrected chi connectivity index (χ0v) is 13.0. The summed E-state index contributed by atoms with van der Waals surface area (Å²) >= 11 is 1.51. The van der Waals surface area contributed by atoms with Crippen LogP contribution in [0.25, 0.3) is 0 Å². The monoisotopic (exact) mass is 320 g/mol. The van der Waals surface area contributed by atoms with Crippen molar-refractivity contribution in [2.75, 3.05) is 26.2 Å². The largest absolute Gasteiger partial charge is 0.354 e. The van der Waals surface area contributed by atoms with Gasteiger partial charge in [-0.05, 0) is 6.92 Å². The number of rotatable bonds is 2. The Kier molecular flexibility index (Phi) is 2.66. The summed E-state index contributed by atoms with van der Waals surface area (Å²) in [5, 5.41) is 8.40.